The summed E-state index contributed by atoms with van der Waals surface area (Å²) in [6.45, 7) is 4.45. The Balaban J connectivity index is 2.29. The van der Waals surface area contributed by atoms with Gasteiger partial charge in [0.1, 0.15) is 22.2 Å². The van der Waals surface area contributed by atoms with E-state index in [9.17, 15) is 27.2 Å². The highest BCUT2D eigenvalue weighted by atomic mass is 35.5. The van der Waals surface area contributed by atoms with Crippen molar-refractivity contribution in [3.8, 4) is 0 Å². The van der Waals surface area contributed by atoms with Gasteiger partial charge in [-0.05, 0) is 18.2 Å². The van der Waals surface area contributed by atoms with Crippen molar-refractivity contribution in [3.05, 3.63) is 33.9 Å². The maximum atomic E-state index is 13.3. The molecule has 0 unspecified atom stereocenters. The fourth-order valence-corrected chi connectivity index (χ4v) is 3.41. The van der Waals surface area contributed by atoms with Crippen LogP contribution in [0, 0.1) is 11.2 Å². The van der Waals surface area contributed by atoms with Crippen molar-refractivity contribution in [2.45, 2.75) is 33.4 Å². The molecule has 0 spiro atoms. The minimum atomic E-state index is -4.89. The number of nitrogens with zero attached hydrogens (tertiary/aromatic N) is 1. The normalized spacial score (nSPS) is 13.1. The van der Waals surface area contributed by atoms with Gasteiger partial charge in [-0.25, -0.2) is 9.82 Å². The largest absolute Gasteiger partial charge is 0.431 e. The Hall–Kier alpha value is -2.00. The molecular formula is C17H15ClF4N2O2S. The third-order valence-corrected chi connectivity index (χ3v) is 5.24. The Morgan fingerprint density at radius 2 is 1.85 bits per heavy atom. The molecule has 1 N–H and O–H groups in total. The van der Waals surface area contributed by atoms with E-state index in [0.717, 1.165) is 23.5 Å². The van der Waals surface area contributed by atoms with Gasteiger partial charge < -0.3 is 0 Å². The number of ketones is 1. The second-order valence-corrected chi connectivity index (χ2v) is 8.16. The molecule has 146 valence electrons. The van der Waals surface area contributed by atoms with Crippen LogP contribution >= 0.6 is 22.9 Å². The smallest absolute Gasteiger partial charge is 0.299 e. The molecule has 10 heteroatoms. The van der Waals surface area contributed by atoms with Crippen LogP contribution in [0.5, 0.6) is 0 Å². The maximum Gasteiger partial charge on any atom is 0.431 e. The number of carbonyl (C=O) groups is 2. The monoisotopic (exact) mass is 422 g/mol. The molecule has 2 aromatic rings. The number of benzene rings is 1. The van der Waals surface area contributed by atoms with E-state index in [0.29, 0.717) is 10.1 Å². The molecule has 27 heavy (non-hydrogen) atoms. The number of alkyl halides is 3. The highest BCUT2D eigenvalue weighted by Gasteiger charge is 2.39. The van der Waals surface area contributed by atoms with Crippen LogP contribution in [0.3, 0.4) is 0 Å². The van der Waals surface area contributed by atoms with Crippen LogP contribution in [0.2, 0.25) is 5.02 Å². The summed E-state index contributed by atoms with van der Waals surface area (Å²) in [7, 11) is 0. The molecule has 0 radical (unpaired) electrons. The second kappa shape index (κ2) is 7.55. The summed E-state index contributed by atoms with van der Waals surface area (Å²) >= 11 is 6.88. The van der Waals surface area contributed by atoms with Crippen molar-refractivity contribution in [2.24, 2.45) is 10.5 Å². The Morgan fingerprint density at radius 3 is 2.41 bits per heavy atom. The zero-order valence-corrected chi connectivity index (χ0v) is 16.1. The van der Waals surface area contributed by atoms with Gasteiger partial charge >= 0.3 is 6.18 Å². The predicted molar refractivity (Wildman–Crippen MR) is 96.8 cm³/mol. The van der Waals surface area contributed by atoms with Crippen molar-refractivity contribution in [2.75, 3.05) is 0 Å². The first-order valence-electron chi connectivity index (χ1n) is 7.65. The first kappa shape index (κ1) is 21.3. The van der Waals surface area contributed by atoms with Crippen LogP contribution in [0.15, 0.2) is 23.3 Å². The van der Waals surface area contributed by atoms with Crippen molar-refractivity contribution < 1.29 is 27.2 Å². The van der Waals surface area contributed by atoms with Gasteiger partial charge in [0, 0.05) is 15.5 Å². The lowest BCUT2D eigenvalue weighted by atomic mass is 9.88. The summed E-state index contributed by atoms with van der Waals surface area (Å²) in [6, 6.07) is 3.68. The number of Topliss-reactive ketones (excluding diaryl/α,β-unsaturated/α-hetero) is 1. The van der Waals surface area contributed by atoms with Gasteiger partial charge in [-0.3, -0.25) is 9.59 Å². The maximum absolute atomic E-state index is 13.3. The lowest BCUT2D eigenvalue weighted by molar-refractivity contribution is -0.126. The number of rotatable bonds is 4. The van der Waals surface area contributed by atoms with Crippen molar-refractivity contribution in [1.82, 2.24) is 5.43 Å². The van der Waals surface area contributed by atoms with E-state index in [1.54, 1.807) is 5.43 Å². The van der Waals surface area contributed by atoms with E-state index in [1.807, 2.05) is 0 Å². The Labute approximate surface area is 161 Å². The fraction of sp³-hybridized carbons (Fsp3) is 0.353. The molecule has 1 aromatic carbocycles. The molecule has 0 aliphatic carbocycles. The zero-order valence-electron chi connectivity index (χ0n) is 14.5. The summed E-state index contributed by atoms with van der Waals surface area (Å²) in [4.78, 5) is 24.0. The molecule has 2 rings (SSSR count). The first-order valence-corrected chi connectivity index (χ1v) is 8.85. The molecule has 4 nitrogen and oxygen atoms in total. The van der Waals surface area contributed by atoms with Crippen LogP contribution < -0.4 is 5.43 Å². The summed E-state index contributed by atoms with van der Waals surface area (Å²) < 4.78 is 53.0. The van der Waals surface area contributed by atoms with Gasteiger partial charge in [-0.15, -0.1) is 11.3 Å². The zero-order chi connectivity index (χ0) is 20.6. The number of hydrazone groups is 1. The van der Waals surface area contributed by atoms with E-state index in [-0.39, 0.29) is 9.90 Å². The number of nitrogens with one attached hydrogen (secondary N) is 1. The molecule has 0 aliphatic heterocycles. The van der Waals surface area contributed by atoms with Crippen LogP contribution in [-0.2, 0) is 4.79 Å². The molecule has 1 heterocycles. The first-order chi connectivity index (χ1) is 12.3. The van der Waals surface area contributed by atoms with E-state index < -0.39 is 41.2 Å². The summed E-state index contributed by atoms with van der Waals surface area (Å²) in [5.41, 5.74) is -0.621. The molecule has 0 atom stereocenters. The van der Waals surface area contributed by atoms with E-state index >= 15 is 0 Å². The molecule has 0 saturated carbocycles. The van der Waals surface area contributed by atoms with E-state index in [4.69, 9.17) is 11.6 Å². The van der Waals surface area contributed by atoms with Crippen LogP contribution in [0.1, 0.15) is 36.9 Å². The number of amides is 1. The average molecular weight is 423 g/mol. The minimum Gasteiger partial charge on any atom is -0.299 e. The van der Waals surface area contributed by atoms with Gasteiger partial charge in [0.15, 0.2) is 0 Å². The van der Waals surface area contributed by atoms with E-state index in [1.165, 1.54) is 26.8 Å². The third kappa shape index (κ3) is 5.04. The highest BCUT2D eigenvalue weighted by molar-refractivity contribution is 7.21. The van der Waals surface area contributed by atoms with Crippen LogP contribution in [0.25, 0.3) is 10.1 Å². The fourth-order valence-electron chi connectivity index (χ4n) is 1.97. The lowest BCUT2D eigenvalue weighted by Crippen LogP contribution is -2.33. The summed E-state index contributed by atoms with van der Waals surface area (Å²) in [5, 5.41) is 3.49. The molecule has 1 aromatic heterocycles. The molecule has 0 aliphatic rings. The number of thiophene rings is 1. The van der Waals surface area contributed by atoms with Crippen molar-refractivity contribution in [3.63, 3.8) is 0 Å². The number of fused-ring (bicyclic) bond motifs is 1. The molecule has 0 fully saturated rings. The van der Waals surface area contributed by atoms with Gasteiger partial charge in [-0.1, -0.05) is 32.4 Å². The van der Waals surface area contributed by atoms with Crippen molar-refractivity contribution in [1.29, 1.82) is 0 Å². The number of hydrogen-bond donors (Lipinski definition) is 1. The van der Waals surface area contributed by atoms with Crippen molar-refractivity contribution >= 4 is 50.4 Å². The van der Waals surface area contributed by atoms with Gasteiger partial charge in [-0.2, -0.15) is 18.3 Å². The quantitative estimate of drug-likeness (QED) is 0.410. The van der Waals surface area contributed by atoms with Crippen LogP contribution in [-0.4, -0.2) is 23.6 Å². The SMILES string of the molecule is CC(C)(C)C(=O)C/C(=N/NC(=O)c1sc2cc(F)ccc2c1Cl)C(F)(F)F. The topological polar surface area (TPSA) is 58.5 Å². The minimum absolute atomic E-state index is 0.0120. The Bertz CT molecular complexity index is 929. The van der Waals surface area contributed by atoms with Gasteiger partial charge in [0.2, 0.25) is 0 Å². The number of hydrogen-bond acceptors (Lipinski definition) is 4. The Morgan fingerprint density at radius 1 is 1.22 bits per heavy atom. The van der Waals surface area contributed by atoms with Crippen LogP contribution in [0.4, 0.5) is 17.6 Å². The average Bonchev–Trinajstić information content (AvgIpc) is 2.85. The standard InChI is InChI=1S/C17H15ClF4N2O2S/c1-16(2,3)12(25)7-11(17(20,21)22)23-24-15(26)14-13(18)9-5-4-8(19)6-10(9)27-14/h4-6H,7H2,1-3H3,(H,24,26)/b23-11-. The second-order valence-electron chi connectivity index (χ2n) is 6.73. The lowest BCUT2D eigenvalue weighted by Gasteiger charge is -2.18. The Kier molecular flexibility index (Phi) is 5.96. The van der Waals surface area contributed by atoms with Gasteiger partial charge in [0.05, 0.1) is 11.4 Å². The van der Waals surface area contributed by atoms with E-state index in [2.05, 4.69) is 5.10 Å². The molecule has 1 amide bonds. The molecule has 0 bridgehead atoms. The number of halogens is 5. The molecule has 0 saturated heterocycles. The third-order valence-electron chi connectivity index (χ3n) is 3.58. The highest BCUT2D eigenvalue weighted by Crippen LogP contribution is 2.35. The predicted octanol–water partition coefficient (Wildman–Crippen LogP) is 5.35. The van der Waals surface area contributed by atoms with Gasteiger partial charge in [0.25, 0.3) is 5.91 Å². The molecular weight excluding hydrogens is 408 g/mol. The summed E-state index contributed by atoms with van der Waals surface area (Å²) in [5.74, 6) is -2.19. The number of carbonyl (C=O) groups excluding carboxylic acids is 2. The summed E-state index contributed by atoms with van der Waals surface area (Å²) in [6.07, 6.45) is -5.86.